The summed E-state index contributed by atoms with van der Waals surface area (Å²) in [5, 5.41) is 0. The third-order valence-electron chi connectivity index (χ3n) is 3.18. The monoisotopic (exact) mass is 225 g/mol. The number of aromatic nitrogens is 1. The van der Waals surface area contributed by atoms with E-state index in [1.165, 1.54) is 5.56 Å². The number of fused-ring (bicyclic) bond motifs is 1. The van der Waals surface area contributed by atoms with Crippen molar-refractivity contribution in [1.29, 1.82) is 0 Å². The minimum Gasteiger partial charge on any atom is -0.493 e. The molecule has 1 aromatic carbocycles. The average Bonchev–Trinajstić information content (AvgIpc) is 2.40. The van der Waals surface area contributed by atoms with Gasteiger partial charge in [-0.15, -0.1) is 0 Å². The van der Waals surface area contributed by atoms with E-state index >= 15 is 0 Å². The van der Waals surface area contributed by atoms with Gasteiger partial charge in [0.25, 0.3) is 0 Å². The molecule has 0 saturated carbocycles. The number of ether oxygens (including phenoxy) is 1. The number of hydrogen-bond donors (Lipinski definition) is 0. The molecule has 1 aromatic heterocycles. The first-order valence-corrected chi connectivity index (χ1v) is 6.02. The fraction of sp³-hybridized carbons (Fsp3) is 0.267. The molecule has 0 unspecified atom stereocenters. The first kappa shape index (κ1) is 10.3. The zero-order valence-electron chi connectivity index (χ0n) is 9.67. The van der Waals surface area contributed by atoms with Crippen molar-refractivity contribution in [2.24, 2.45) is 5.92 Å². The van der Waals surface area contributed by atoms with E-state index in [4.69, 9.17) is 4.74 Å². The molecule has 0 bridgehead atoms. The maximum absolute atomic E-state index is 5.78. The van der Waals surface area contributed by atoms with Crippen LogP contribution in [0.3, 0.4) is 0 Å². The lowest BCUT2D eigenvalue weighted by Crippen LogP contribution is -2.23. The van der Waals surface area contributed by atoms with Gasteiger partial charge in [-0.1, -0.05) is 24.3 Å². The number of para-hydroxylation sites is 1. The second-order valence-corrected chi connectivity index (χ2v) is 4.51. The number of hydrogen-bond acceptors (Lipinski definition) is 2. The molecule has 86 valence electrons. The van der Waals surface area contributed by atoms with Crippen LogP contribution >= 0.6 is 0 Å². The molecule has 2 heterocycles. The zero-order chi connectivity index (χ0) is 11.5. The molecular weight excluding hydrogens is 210 g/mol. The fourth-order valence-corrected chi connectivity index (χ4v) is 2.34. The average molecular weight is 225 g/mol. The van der Waals surface area contributed by atoms with Crippen LogP contribution in [0.25, 0.3) is 0 Å². The Balaban J connectivity index is 1.72. The molecule has 0 amide bonds. The summed E-state index contributed by atoms with van der Waals surface area (Å²) in [5.74, 6) is 1.59. The van der Waals surface area contributed by atoms with Crippen LogP contribution in [0.4, 0.5) is 0 Å². The molecule has 3 rings (SSSR count). The lowest BCUT2D eigenvalue weighted by molar-refractivity contribution is 0.220. The molecular formula is C15H15NO. The van der Waals surface area contributed by atoms with Crippen LogP contribution in [0, 0.1) is 5.92 Å². The Labute approximate surface area is 101 Å². The Bertz CT molecular complexity index is 495. The summed E-state index contributed by atoms with van der Waals surface area (Å²) in [4.78, 5) is 4.37. The Kier molecular flexibility index (Phi) is 2.78. The van der Waals surface area contributed by atoms with Crippen molar-refractivity contribution in [1.82, 2.24) is 4.98 Å². The molecule has 0 aliphatic carbocycles. The van der Waals surface area contributed by atoms with E-state index in [-0.39, 0.29) is 0 Å². The number of pyridine rings is 1. The van der Waals surface area contributed by atoms with Crippen molar-refractivity contribution in [3.05, 3.63) is 59.9 Å². The van der Waals surface area contributed by atoms with Gasteiger partial charge in [0, 0.05) is 17.8 Å². The van der Waals surface area contributed by atoms with Gasteiger partial charge in [0.1, 0.15) is 5.75 Å². The van der Waals surface area contributed by atoms with E-state index in [1.807, 2.05) is 30.5 Å². The van der Waals surface area contributed by atoms with Crippen LogP contribution < -0.4 is 4.74 Å². The molecule has 2 nitrogen and oxygen atoms in total. The van der Waals surface area contributed by atoms with Gasteiger partial charge in [-0.25, -0.2) is 0 Å². The summed E-state index contributed by atoms with van der Waals surface area (Å²) < 4.78 is 5.78. The summed E-state index contributed by atoms with van der Waals surface area (Å²) in [5.41, 5.74) is 2.47. The van der Waals surface area contributed by atoms with Crippen LogP contribution in [0.1, 0.15) is 11.3 Å². The molecule has 0 saturated heterocycles. The van der Waals surface area contributed by atoms with Crippen molar-refractivity contribution in [3.63, 3.8) is 0 Å². The summed E-state index contributed by atoms with van der Waals surface area (Å²) in [7, 11) is 0. The highest BCUT2D eigenvalue weighted by atomic mass is 16.5. The van der Waals surface area contributed by atoms with Crippen molar-refractivity contribution < 1.29 is 4.74 Å². The molecule has 0 radical (unpaired) electrons. The quantitative estimate of drug-likeness (QED) is 0.784. The second kappa shape index (κ2) is 4.58. The smallest absolute Gasteiger partial charge is 0.122 e. The van der Waals surface area contributed by atoms with Crippen molar-refractivity contribution in [2.45, 2.75) is 12.8 Å². The van der Waals surface area contributed by atoms with Gasteiger partial charge in [-0.05, 0) is 36.6 Å². The molecule has 17 heavy (non-hydrogen) atoms. The number of rotatable bonds is 2. The highest BCUT2D eigenvalue weighted by Crippen LogP contribution is 2.28. The van der Waals surface area contributed by atoms with Crippen molar-refractivity contribution in [2.75, 3.05) is 6.61 Å². The van der Waals surface area contributed by atoms with Gasteiger partial charge in [0.15, 0.2) is 0 Å². The van der Waals surface area contributed by atoms with E-state index in [0.29, 0.717) is 5.92 Å². The molecule has 2 heteroatoms. The number of nitrogens with zero attached hydrogens (tertiary/aromatic N) is 1. The lowest BCUT2D eigenvalue weighted by Gasteiger charge is -2.24. The van der Waals surface area contributed by atoms with Gasteiger partial charge in [0.2, 0.25) is 0 Å². The maximum Gasteiger partial charge on any atom is 0.122 e. The molecule has 1 aliphatic rings. The summed E-state index contributed by atoms with van der Waals surface area (Å²) in [6, 6.07) is 14.4. The Hall–Kier alpha value is -1.83. The molecule has 2 aromatic rings. The Morgan fingerprint density at radius 1 is 1.12 bits per heavy atom. The van der Waals surface area contributed by atoms with Crippen molar-refractivity contribution >= 4 is 0 Å². The third kappa shape index (κ3) is 2.31. The van der Waals surface area contributed by atoms with Gasteiger partial charge in [-0.2, -0.15) is 0 Å². The predicted molar refractivity (Wildman–Crippen MR) is 67.1 cm³/mol. The SMILES string of the molecule is c1ccc(C[C@H]2COc3ccccc3C2)nc1. The predicted octanol–water partition coefficient (Wildman–Crippen LogP) is 2.88. The van der Waals surface area contributed by atoms with E-state index < -0.39 is 0 Å². The van der Waals surface area contributed by atoms with Crippen LogP contribution in [0.15, 0.2) is 48.7 Å². The van der Waals surface area contributed by atoms with E-state index in [0.717, 1.165) is 30.9 Å². The summed E-state index contributed by atoms with van der Waals surface area (Å²) in [6.45, 7) is 0.799. The number of benzene rings is 1. The largest absolute Gasteiger partial charge is 0.493 e. The molecule has 0 spiro atoms. The highest BCUT2D eigenvalue weighted by Gasteiger charge is 2.19. The van der Waals surface area contributed by atoms with Gasteiger partial charge in [0.05, 0.1) is 6.61 Å². The third-order valence-corrected chi connectivity index (χ3v) is 3.18. The molecule has 1 atom stereocenters. The van der Waals surface area contributed by atoms with Crippen LogP contribution in [-0.4, -0.2) is 11.6 Å². The van der Waals surface area contributed by atoms with Gasteiger partial charge < -0.3 is 4.74 Å². The first-order valence-electron chi connectivity index (χ1n) is 6.02. The second-order valence-electron chi connectivity index (χ2n) is 4.51. The lowest BCUT2D eigenvalue weighted by atomic mass is 9.93. The van der Waals surface area contributed by atoms with E-state index in [1.54, 1.807) is 0 Å². The fourth-order valence-electron chi connectivity index (χ4n) is 2.34. The molecule has 0 N–H and O–H groups in total. The van der Waals surface area contributed by atoms with Gasteiger partial charge in [-0.3, -0.25) is 4.98 Å². The van der Waals surface area contributed by atoms with E-state index in [9.17, 15) is 0 Å². The molecule has 0 fully saturated rings. The first-order chi connectivity index (χ1) is 8.42. The normalized spacial score (nSPS) is 18.2. The maximum atomic E-state index is 5.78. The van der Waals surface area contributed by atoms with Crippen molar-refractivity contribution in [3.8, 4) is 5.75 Å². The zero-order valence-corrected chi connectivity index (χ0v) is 9.67. The standard InChI is InChI=1S/C15H15NO/c1-2-7-15-13(5-1)9-12(11-17-15)10-14-6-3-4-8-16-14/h1-8,12H,9-11H2/t12-/m0/s1. The minimum atomic E-state index is 0.541. The van der Waals surface area contributed by atoms with Crippen LogP contribution in [0.5, 0.6) is 5.75 Å². The van der Waals surface area contributed by atoms with Gasteiger partial charge >= 0.3 is 0 Å². The van der Waals surface area contributed by atoms with Crippen LogP contribution in [0.2, 0.25) is 0 Å². The Morgan fingerprint density at radius 3 is 2.88 bits per heavy atom. The summed E-state index contributed by atoms with van der Waals surface area (Å²) in [6.07, 6.45) is 3.94. The topological polar surface area (TPSA) is 22.1 Å². The van der Waals surface area contributed by atoms with E-state index in [2.05, 4.69) is 23.2 Å². The summed E-state index contributed by atoms with van der Waals surface area (Å²) >= 11 is 0. The Morgan fingerprint density at radius 2 is 2.00 bits per heavy atom. The minimum absolute atomic E-state index is 0.541. The van der Waals surface area contributed by atoms with Crippen LogP contribution in [-0.2, 0) is 12.8 Å². The molecule has 1 aliphatic heterocycles. The highest BCUT2D eigenvalue weighted by molar-refractivity contribution is 5.35.